The summed E-state index contributed by atoms with van der Waals surface area (Å²) in [5.41, 5.74) is 1.04. The molecule has 96 valence electrons. The minimum absolute atomic E-state index is 0.460. The Balaban J connectivity index is 0.000000606. The summed E-state index contributed by atoms with van der Waals surface area (Å²) in [6.07, 6.45) is 2.70. The number of piperidine rings is 1. The minimum Gasteiger partial charge on any atom is -0.380 e. The Morgan fingerprint density at radius 1 is 1.00 bits per heavy atom. The Morgan fingerprint density at radius 3 is 1.88 bits per heavy atom. The van der Waals surface area contributed by atoms with E-state index in [1.165, 1.54) is 32.5 Å². The quantitative estimate of drug-likeness (QED) is 0.718. The van der Waals surface area contributed by atoms with Crippen molar-refractivity contribution >= 4 is 0 Å². The molecule has 2 aliphatic rings. The summed E-state index contributed by atoms with van der Waals surface area (Å²) in [5, 5.41) is 0. The zero-order chi connectivity index (χ0) is 12.2. The smallest absolute Gasteiger partial charge is 0.0554 e. The van der Waals surface area contributed by atoms with E-state index in [2.05, 4.69) is 25.7 Å². The van der Waals surface area contributed by atoms with Crippen LogP contribution in [-0.4, -0.2) is 37.7 Å². The molecule has 0 radical (unpaired) electrons. The molecule has 0 aromatic rings. The number of hydrogen-bond acceptors (Lipinski definition) is 2. The van der Waals surface area contributed by atoms with Crippen molar-refractivity contribution in [3.05, 3.63) is 0 Å². The van der Waals surface area contributed by atoms with Gasteiger partial charge in [0.2, 0.25) is 0 Å². The van der Waals surface area contributed by atoms with E-state index in [0.717, 1.165) is 13.2 Å². The van der Waals surface area contributed by atoms with Crippen LogP contribution < -0.4 is 0 Å². The maximum absolute atomic E-state index is 5.29. The number of likely N-dealkylation sites (tertiary alicyclic amines) is 1. The molecule has 0 spiro atoms. The van der Waals surface area contributed by atoms with Crippen LogP contribution >= 0.6 is 0 Å². The lowest BCUT2D eigenvalue weighted by Crippen LogP contribution is -2.51. The van der Waals surface area contributed by atoms with Crippen molar-refractivity contribution in [3.63, 3.8) is 0 Å². The van der Waals surface area contributed by atoms with Crippen LogP contribution in [0.15, 0.2) is 0 Å². The van der Waals surface area contributed by atoms with Gasteiger partial charge in [0.1, 0.15) is 0 Å². The maximum Gasteiger partial charge on any atom is 0.0554 e. The lowest BCUT2D eigenvalue weighted by molar-refractivity contribution is -0.118. The zero-order valence-electron chi connectivity index (χ0n) is 11.8. The van der Waals surface area contributed by atoms with Crippen LogP contribution in [0, 0.1) is 10.8 Å². The van der Waals surface area contributed by atoms with Crippen LogP contribution in [0.4, 0.5) is 0 Å². The van der Waals surface area contributed by atoms with Crippen molar-refractivity contribution in [1.82, 2.24) is 4.90 Å². The Kier molecular flexibility index (Phi) is 4.81. The SMILES string of the molecule is CC.CC1(C)CCN(CC2(C)COC2)CC1. The first-order valence-corrected chi connectivity index (χ1v) is 6.79. The Labute approximate surface area is 101 Å². The summed E-state index contributed by atoms with van der Waals surface area (Å²) in [4.78, 5) is 2.62. The van der Waals surface area contributed by atoms with Gasteiger partial charge in [-0.25, -0.2) is 0 Å². The Hall–Kier alpha value is -0.0800. The molecule has 2 saturated heterocycles. The highest BCUT2D eigenvalue weighted by molar-refractivity contribution is 4.87. The van der Waals surface area contributed by atoms with Crippen molar-refractivity contribution in [2.75, 3.05) is 32.8 Å². The summed E-state index contributed by atoms with van der Waals surface area (Å²) >= 11 is 0. The molecule has 0 aromatic heterocycles. The van der Waals surface area contributed by atoms with Gasteiger partial charge in [-0.3, -0.25) is 0 Å². The van der Waals surface area contributed by atoms with Crippen molar-refractivity contribution in [2.24, 2.45) is 10.8 Å². The third-order valence-electron chi connectivity index (χ3n) is 3.72. The van der Waals surface area contributed by atoms with E-state index in [4.69, 9.17) is 4.74 Å². The summed E-state index contributed by atoms with van der Waals surface area (Å²) in [6.45, 7) is 16.8. The van der Waals surface area contributed by atoms with E-state index in [1.54, 1.807) is 0 Å². The van der Waals surface area contributed by atoms with E-state index >= 15 is 0 Å². The molecule has 2 aliphatic heterocycles. The van der Waals surface area contributed by atoms with Gasteiger partial charge in [0.25, 0.3) is 0 Å². The van der Waals surface area contributed by atoms with Gasteiger partial charge < -0.3 is 9.64 Å². The number of ether oxygens (including phenoxy) is 1. The fourth-order valence-electron chi connectivity index (χ4n) is 2.40. The van der Waals surface area contributed by atoms with Crippen molar-refractivity contribution < 1.29 is 4.74 Å². The second-order valence-electron chi connectivity index (χ2n) is 6.24. The molecule has 0 atom stereocenters. The summed E-state index contributed by atoms with van der Waals surface area (Å²) < 4.78 is 5.29. The van der Waals surface area contributed by atoms with Crippen molar-refractivity contribution in [3.8, 4) is 0 Å². The molecule has 0 N–H and O–H groups in total. The highest BCUT2D eigenvalue weighted by Gasteiger charge is 2.36. The average molecular weight is 227 g/mol. The maximum atomic E-state index is 5.29. The van der Waals surface area contributed by atoms with Gasteiger partial charge in [0.05, 0.1) is 13.2 Å². The van der Waals surface area contributed by atoms with Gasteiger partial charge in [-0.05, 0) is 31.3 Å². The average Bonchev–Trinajstić information content (AvgIpc) is 2.22. The third-order valence-corrected chi connectivity index (χ3v) is 3.72. The summed E-state index contributed by atoms with van der Waals surface area (Å²) in [5.74, 6) is 0. The predicted molar refractivity (Wildman–Crippen MR) is 69.7 cm³/mol. The van der Waals surface area contributed by atoms with Gasteiger partial charge >= 0.3 is 0 Å². The molecule has 2 rings (SSSR count). The highest BCUT2D eigenvalue weighted by Crippen LogP contribution is 2.33. The van der Waals surface area contributed by atoms with Crippen LogP contribution in [0.25, 0.3) is 0 Å². The first-order valence-electron chi connectivity index (χ1n) is 6.79. The van der Waals surface area contributed by atoms with Crippen molar-refractivity contribution in [1.29, 1.82) is 0 Å². The van der Waals surface area contributed by atoms with Gasteiger partial charge in [-0.15, -0.1) is 0 Å². The summed E-state index contributed by atoms with van der Waals surface area (Å²) in [6, 6.07) is 0. The molecule has 2 heteroatoms. The lowest BCUT2D eigenvalue weighted by atomic mass is 9.81. The first kappa shape index (κ1) is 14.0. The van der Waals surface area contributed by atoms with E-state index in [1.807, 2.05) is 13.8 Å². The Morgan fingerprint density at radius 2 is 1.50 bits per heavy atom. The predicted octanol–water partition coefficient (Wildman–Crippen LogP) is 3.17. The molecule has 0 aromatic carbocycles. The molecule has 0 bridgehead atoms. The fourth-order valence-corrected chi connectivity index (χ4v) is 2.40. The minimum atomic E-state index is 0.460. The summed E-state index contributed by atoms with van der Waals surface area (Å²) in [7, 11) is 0. The van der Waals surface area contributed by atoms with E-state index < -0.39 is 0 Å². The standard InChI is InChI=1S/C12H23NO.C2H6/c1-11(2)4-6-13(7-5-11)8-12(3)9-14-10-12;1-2/h4-10H2,1-3H3;1-2H3. The third kappa shape index (κ3) is 3.74. The van der Waals surface area contributed by atoms with E-state index in [9.17, 15) is 0 Å². The topological polar surface area (TPSA) is 12.5 Å². The van der Waals surface area contributed by atoms with Crippen LogP contribution in [0.5, 0.6) is 0 Å². The lowest BCUT2D eigenvalue weighted by Gasteiger charge is -2.45. The first-order chi connectivity index (χ1) is 7.49. The molecule has 16 heavy (non-hydrogen) atoms. The zero-order valence-corrected chi connectivity index (χ0v) is 11.8. The molecule has 0 aliphatic carbocycles. The molecule has 0 amide bonds. The van der Waals surface area contributed by atoms with Gasteiger partial charge in [-0.2, -0.15) is 0 Å². The second-order valence-corrected chi connectivity index (χ2v) is 6.24. The fraction of sp³-hybridized carbons (Fsp3) is 1.00. The molecular weight excluding hydrogens is 198 g/mol. The molecule has 0 unspecified atom stereocenters. The number of nitrogens with zero attached hydrogens (tertiary/aromatic N) is 1. The molecule has 2 heterocycles. The van der Waals surface area contributed by atoms with Crippen LogP contribution in [0.1, 0.15) is 47.5 Å². The monoisotopic (exact) mass is 227 g/mol. The van der Waals surface area contributed by atoms with E-state index in [-0.39, 0.29) is 0 Å². The molecule has 2 nitrogen and oxygen atoms in total. The molecular formula is C14H29NO. The number of rotatable bonds is 2. The van der Waals surface area contributed by atoms with Crippen molar-refractivity contribution in [2.45, 2.75) is 47.5 Å². The van der Waals surface area contributed by atoms with Crippen LogP contribution in [-0.2, 0) is 4.74 Å². The normalized spacial score (nSPS) is 27.6. The van der Waals surface area contributed by atoms with Crippen LogP contribution in [0.3, 0.4) is 0 Å². The second kappa shape index (κ2) is 5.50. The van der Waals surface area contributed by atoms with Gasteiger partial charge in [0.15, 0.2) is 0 Å². The largest absolute Gasteiger partial charge is 0.380 e. The van der Waals surface area contributed by atoms with Crippen LogP contribution in [0.2, 0.25) is 0 Å². The van der Waals surface area contributed by atoms with E-state index in [0.29, 0.717) is 10.8 Å². The molecule has 0 saturated carbocycles. The van der Waals surface area contributed by atoms with Gasteiger partial charge in [0, 0.05) is 12.0 Å². The Bertz CT molecular complexity index is 199. The highest BCUT2D eigenvalue weighted by atomic mass is 16.5. The van der Waals surface area contributed by atoms with Gasteiger partial charge in [-0.1, -0.05) is 34.6 Å². The molecule has 2 fully saturated rings. The number of hydrogen-bond donors (Lipinski definition) is 0.